The third kappa shape index (κ3) is 1.97. The van der Waals surface area contributed by atoms with E-state index in [0.29, 0.717) is 29.1 Å². The van der Waals surface area contributed by atoms with Gasteiger partial charge >= 0.3 is 5.95 Å². The Morgan fingerprint density at radius 3 is 2.96 bits per heavy atom. The zero-order valence-corrected chi connectivity index (χ0v) is 11.9. The van der Waals surface area contributed by atoms with E-state index >= 15 is 0 Å². The minimum atomic E-state index is -0.448. The van der Waals surface area contributed by atoms with Gasteiger partial charge in [0, 0.05) is 16.9 Å². The van der Waals surface area contributed by atoms with Crippen LogP contribution in [0.2, 0.25) is 0 Å². The fraction of sp³-hybridized carbons (Fsp3) is 0.214. The summed E-state index contributed by atoms with van der Waals surface area (Å²) in [6.07, 6.45) is 3.18. The molecular formula is C14H11N6O3+. The number of rotatable bonds is 2. The molecule has 0 aliphatic carbocycles. The average molecular weight is 311 g/mol. The first-order valence-corrected chi connectivity index (χ1v) is 7.00. The summed E-state index contributed by atoms with van der Waals surface area (Å²) < 4.78 is 2.32. The summed E-state index contributed by atoms with van der Waals surface area (Å²) >= 11 is 0. The summed E-state index contributed by atoms with van der Waals surface area (Å²) in [5.41, 5.74) is 1.17. The molecule has 3 heterocycles. The fourth-order valence-electron chi connectivity index (χ4n) is 2.87. The first-order valence-electron chi connectivity index (χ1n) is 7.00. The number of imidazole rings is 1. The van der Waals surface area contributed by atoms with Crippen LogP contribution in [0.3, 0.4) is 0 Å². The standard InChI is InChI=1S/C14H11N6O3/c21-19-13-11(15-4-5-16-13)12(18-7-6-17-14(18)19)9-2-1-3-10(8-9)20(22)23/h1-3,6-8,12H,4-5H2/q+1. The van der Waals surface area contributed by atoms with Crippen molar-refractivity contribution in [3.05, 3.63) is 57.2 Å². The van der Waals surface area contributed by atoms with E-state index in [9.17, 15) is 15.0 Å². The topological polar surface area (TPSA) is 106 Å². The van der Waals surface area contributed by atoms with E-state index < -0.39 is 11.0 Å². The van der Waals surface area contributed by atoms with Crippen LogP contribution in [0.4, 0.5) is 11.6 Å². The highest BCUT2D eigenvalue weighted by atomic mass is 16.6. The molecule has 1 aromatic carbocycles. The van der Waals surface area contributed by atoms with Crippen LogP contribution < -0.4 is 0 Å². The lowest BCUT2D eigenvalue weighted by Gasteiger charge is -2.24. The second-order valence-electron chi connectivity index (χ2n) is 5.16. The third-order valence-electron chi connectivity index (χ3n) is 3.83. The van der Waals surface area contributed by atoms with Crippen LogP contribution in [-0.2, 0) is 0 Å². The molecule has 114 valence electrons. The minimum Gasteiger partial charge on any atom is -0.277 e. The van der Waals surface area contributed by atoms with Gasteiger partial charge in [-0.15, -0.1) is 9.89 Å². The summed E-state index contributed by atoms with van der Waals surface area (Å²) in [4.78, 5) is 35.7. The molecule has 1 aromatic heterocycles. The minimum absolute atomic E-state index is 0.0105. The number of nitrogens with zero attached hydrogens (tertiary/aromatic N) is 6. The monoisotopic (exact) mass is 311 g/mol. The number of nitro groups is 1. The van der Waals surface area contributed by atoms with Crippen molar-refractivity contribution in [1.29, 1.82) is 0 Å². The van der Waals surface area contributed by atoms with E-state index in [1.54, 1.807) is 22.9 Å². The predicted molar refractivity (Wildman–Crippen MR) is 81.4 cm³/mol. The van der Waals surface area contributed by atoms with E-state index in [0.717, 1.165) is 0 Å². The molecule has 0 spiro atoms. The highest BCUT2D eigenvalue weighted by Crippen LogP contribution is 2.32. The van der Waals surface area contributed by atoms with Gasteiger partial charge in [-0.25, -0.2) is 4.57 Å². The molecule has 1 unspecified atom stereocenters. The first-order chi connectivity index (χ1) is 11.2. The van der Waals surface area contributed by atoms with E-state index in [1.807, 2.05) is 0 Å². The molecule has 1 atom stereocenters. The molecule has 0 N–H and O–H groups in total. The molecule has 2 aliphatic heterocycles. The lowest BCUT2D eigenvalue weighted by molar-refractivity contribution is -0.385. The Hall–Kier alpha value is -3.23. The molecule has 2 aliphatic rings. The maximum absolute atomic E-state index is 12.4. The molecule has 4 rings (SSSR count). The third-order valence-corrected chi connectivity index (χ3v) is 3.83. The fourth-order valence-corrected chi connectivity index (χ4v) is 2.87. The zero-order valence-electron chi connectivity index (χ0n) is 11.9. The van der Waals surface area contributed by atoms with Crippen molar-refractivity contribution in [2.75, 3.05) is 13.1 Å². The lowest BCUT2D eigenvalue weighted by Crippen LogP contribution is -2.41. The smallest absolute Gasteiger partial charge is 0.277 e. The summed E-state index contributed by atoms with van der Waals surface area (Å²) in [7, 11) is 0. The number of nitro benzene ring substituents is 1. The number of hydrogen-bond acceptors (Lipinski definition) is 6. The Labute approximate surface area is 129 Å². The molecule has 0 amide bonds. The first kappa shape index (κ1) is 13.4. The summed E-state index contributed by atoms with van der Waals surface area (Å²) in [6.45, 7) is 0.933. The highest BCUT2D eigenvalue weighted by Gasteiger charge is 2.43. The number of amidine groups is 1. The van der Waals surface area contributed by atoms with Gasteiger partial charge in [0.1, 0.15) is 24.5 Å². The number of nitroso groups, excluding NO2 is 1. The van der Waals surface area contributed by atoms with Crippen molar-refractivity contribution in [2.24, 2.45) is 9.98 Å². The Morgan fingerprint density at radius 2 is 2.13 bits per heavy atom. The van der Waals surface area contributed by atoms with E-state index in [-0.39, 0.29) is 17.5 Å². The van der Waals surface area contributed by atoms with Gasteiger partial charge in [-0.3, -0.25) is 15.1 Å². The van der Waals surface area contributed by atoms with Crippen LogP contribution in [0, 0.1) is 15.0 Å². The number of aliphatic imine (C=N–C) groups is 2. The summed E-state index contributed by atoms with van der Waals surface area (Å²) in [6, 6.07) is 5.86. The Balaban J connectivity index is 1.93. The van der Waals surface area contributed by atoms with Crippen molar-refractivity contribution < 1.29 is 9.68 Å². The molecular weight excluding hydrogens is 300 g/mol. The van der Waals surface area contributed by atoms with Crippen molar-refractivity contribution in [2.45, 2.75) is 6.04 Å². The van der Waals surface area contributed by atoms with Gasteiger partial charge in [0.15, 0.2) is 0 Å². The number of fused-ring (bicyclic) bond motifs is 2. The van der Waals surface area contributed by atoms with E-state index in [4.69, 9.17) is 0 Å². The molecule has 0 saturated carbocycles. The highest BCUT2D eigenvalue weighted by molar-refractivity contribution is 6.41. The normalized spacial score (nSPS) is 19.5. The van der Waals surface area contributed by atoms with Gasteiger partial charge in [-0.1, -0.05) is 12.1 Å². The Bertz CT molecular complexity index is 897. The number of aromatic nitrogens is 2. The lowest BCUT2D eigenvalue weighted by atomic mass is 9.98. The van der Waals surface area contributed by atoms with E-state index in [2.05, 4.69) is 15.0 Å². The van der Waals surface area contributed by atoms with Gasteiger partial charge in [-0.2, -0.15) is 4.99 Å². The molecule has 0 saturated heterocycles. The second kappa shape index (κ2) is 4.90. The van der Waals surface area contributed by atoms with Crippen LogP contribution in [0.15, 0.2) is 46.6 Å². The molecule has 9 nitrogen and oxygen atoms in total. The zero-order chi connectivity index (χ0) is 16.0. The van der Waals surface area contributed by atoms with Crippen LogP contribution in [-0.4, -0.2) is 43.9 Å². The van der Waals surface area contributed by atoms with Gasteiger partial charge < -0.3 is 0 Å². The van der Waals surface area contributed by atoms with E-state index in [1.165, 1.54) is 18.3 Å². The average Bonchev–Trinajstić information content (AvgIpc) is 3.05. The van der Waals surface area contributed by atoms with Gasteiger partial charge in [0.2, 0.25) is 0 Å². The van der Waals surface area contributed by atoms with Crippen LogP contribution in [0.5, 0.6) is 0 Å². The maximum atomic E-state index is 12.4. The van der Waals surface area contributed by atoms with Gasteiger partial charge in [0.25, 0.3) is 11.5 Å². The number of non-ortho nitro benzene ring substituents is 1. The number of benzene rings is 1. The molecule has 0 fully saturated rings. The largest absolute Gasteiger partial charge is 0.396 e. The predicted octanol–water partition coefficient (Wildman–Crippen LogP) is 1.66. The van der Waals surface area contributed by atoms with Crippen LogP contribution in [0.25, 0.3) is 0 Å². The second-order valence-corrected chi connectivity index (χ2v) is 5.16. The molecule has 0 bridgehead atoms. The molecule has 9 heteroatoms. The summed E-state index contributed by atoms with van der Waals surface area (Å²) in [5, 5.41) is 11.0. The SMILES string of the molecule is O=[N+]([O-])c1cccc(C2C3=NCCN=C3[N+](=O)c3nccn32)c1. The number of hydrogen-bond donors (Lipinski definition) is 0. The van der Waals surface area contributed by atoms with Gasteiger partial charge in [0.05, 0.1) is 17.7 Å². The van der Waals surface area contributed by atoms with Crippen molar-refractivity contribution in [3.8, 4) is 0 Å². The Kier molecular flexibility index (Phi) is 2.86. The summed E-state index contributed by atoms with van der Waals surface area (Å²) in [5.74, 6) is 0.424. The molecule has 0 radical (unpaired) electrons. The molecule has 2 aromatic rings. The van der Waals surface area contributed by atoms with Crippen LogP contribution in [0.1, 0.15) is 11.6 Å². The van der Waals surface area contributed by atoms with Crippen molar-refractivity contribution >= 4 is 23.2 Å². The molecule has 23 heavy (non-hydrogen) atoms. The van der Waals surface area contributed by atoms with Gasteiger partial charge in [-0.05, 0) is 5.56 Å². The van der Waals surface area contributed by atoms with Crippen molar-refractivity contribution in [1.82, 2.24) is 9.55 Å². The van der Waals surface area contributed by atoms with Crippen molar-refractivity contribution in [3.63, 3.8) is 0 Å². The maximum Gasteiger partial charge on any atom is 0.396 e. The van der Waals surface area contributed by atoms with Crippen LogP contribution >= 0.6 is 0 Å². The Morgan fingerprint density at radius 1 is 1.30 bits per heavy atom. The quantitative estimate of drug-likeness (QED) is 0.477.